The van der Waals surface area contributed by atoms with Crippen molar-refractivity contribution in [2.24, 2.45) is 0 Å². The van der Waals surface area contributed by atoms with Crippen LogP contribution in [0, 0.1) is 13.8 Å². The number of amides is 1. The molecular formula is C17H14Cl2N4O2S. The highest BCUT2D eigenvalue weighted by Gasteiger charge is 2.14. The van der Waals surface area contributed by atoms with E-state index in [1.54, 1.807) is 13.0 Å². The lowest BCUT2D eigenvalue weighted by Crippen LogP contribution is -2.15. The number of nitrogens with one attached hydrogen (secondary N) is 1. The molecule has 9 heteroatoms. The van der Waals surface area contributed by atoms with E-state index in [1.165, 1.54) is 0 Å². The highest BCUT2D eigenvalue weighted by Crippen LogP contribution is 2.27. The van der Waals surface area contributed by atoms with Crippen molar-refractivity contribution in [1.82, 2.24) is 15.2 Å². The third kappa shape index (κ3) is 4.55. The number of carbonyl (C=O) groups is 1. The van der Waals surface area contributed by atoms with Gasteiger partial charge in [0.15, 0.2) is 5.82 Å². The molecule has 0 aliphatic heterocycles. The number of nitrogens with zero attached hydrogens (tertiary/aromatic N) is 3. The Hall–Kier alpha value is -2.09. The van der Waals surface area contributed by atoms with Gasteiger partial charge in [0.1, 0.15) is 0 Å². The van der Waals surface area contributed by atoms with Crippen molar-refractivity contribution < 1.29 is 9.21 Å². The summed E-state index contributed by atoms with van der Waals surface area (Å²) in [6, 6.07) is 9.28. The third-order valence-electron chi connectivity index (χ3n) is 3.36. The number of hydrogen-bond acceptors (Lipinski definition) is 6. The highest BCUT2D eigenvalue weighted by atomic mass is 35.5. The zero-order valence-electron chi connectivity index (χ0n) is 13.9. The summed E-state index contributed by atoms with van der Waals surface area (Å²) < 4.78 is 5.59. The maximum atomic E-state index is 12.1. The van der Waals surface area contributed by atoms with Gasteiger partial charge in [-0.3, -0.25) is 4.79 Å². The number of hydrogen-bond donors (Lipinski definition) is 1. The van der Waals surface area contributed by atoms with E-state index in [9.17, 15) is 4.79 Å². The number of aryl methyl sites for hydroxylation is 2. The molecule has 0 bridgehead atoms. The third-order valence-corrected chi connectivity index (χ3v) is 4.85. The Bertz CT molecular complexity index is 962. The van der Waals surface area contributed by atoms with Crippen LogP contribution in [0.5, 0.6) is 0 Å². The average Bonchev–Trinajstić information content (AvgIpc) is 3.07. The molecule has 1 amide bonds. The summed E-state index contributed by atoms with van der Waals surface area (Å²) in [4.78, 5) is 16.3. The zero-order valence-corrected chi connectivity index (χ0v) is 16.2. The van der Waals surface area contributed by atoms with E-state index >= 15 is 0 Å². The Morgan fingerprint density at radius 1 is 1.19 bits per heavy atom. The minimum atomic E-state index is -0.290. The van der Waals surface area contributed by atoms with E-state index in [4.69, 9.17) is 27.6 Å². The molecule has 6 nitrogen and oxygen atoms in total. The minimum absolute atomic E-state index is 0.0785. The fraction of sp³-hybridized carbons (Fsp3) is 0.176. The van der Waals surface area contributed by atoms with Crippen molar-refractivity contribution in [2.75, 3.05) is 11.1 Å². The summed E-state index contributed by atoms with van der Waals surface area (Å²) in [6.45, 7) is 3.71. The first kappa shape index (κ1) is 18.7. The largest absolute Gasteiger partial charge is 0.411 e. The second-order valence-corrected chi connectivity index (χ2v) is 7.21. The van der Waals surface area contributed by atoms with Gasteiger partial charge in [0.2, 0.25) is 11.8 Å². The van der Waals surface area contributed by atoms with Gasteiger partial charge >= 0.3 is 0 Å². The molecule has 1 aromatic carbocycles. The van der Waals surface area contributed by atoms with Crippen molar-refractivity contribution in [2.45, 2.75) is 19.1 Å². The molecule has 134 valence electrons. The first-order valence-electron chi connectivity index (χ1n) is 7.58. The van der Waals surface area contributed by atoms with Crippen LogP contribution in [-0.2, 0) is 4.79 Å². The SMILES string of the molecule is Cc1cccc(-c2nnc(SCC(=O)Nc3nc(C)c(Cl)cc3Cl)o2)c1. The fourth-order valence-electron chi connectivity index (χ4n) is 2.10. The molecular weight excluding hydrogens is 395 g/mol. The molecule has 2 heterocycles. The second kappa shape index (κ2) is 8.07. The van der Waals surface area contributed by atoms with Crippen molar-refractivity contribution >= 4 is 46.7 Å². The normalized spacial score (nSPS) is 10.8. The summed E-state index contributed by atoms with van der Waals surface area (Å²) >= 11 is 13.1. The smallest absolute Gasteiger partial charge is 0.277 e. The number of thioether (sulfide) groups is 1. The first-order valence-corrected chi connectivity index (χ1v) is 9.32. The van der Waals surface area contributed by atoms with Crippen molar-refractivity contribution in [3.63, 3.8) is 0 Å². The number of carbonyl (C=O) groups excluding carboxylic acids is 1. The van der Waals surface area contributed by atoms with Gasteiger partial charge < -0.3 is 9.73 Å². The summed E-state index contributed by atoms with van der Waals surface area (Å²) in [6.07, 6.45) is 0. The Balaban J connectivity index is 1.61. The Labute approximate surface area is 164 Å². The van der Waals surface area contributed by atoms with Gasteiger partial charge in [0.05, 0.1) is 21.5 Å². The van der Waals surface area contributed by atoms with Crippen molar-refractivity contribution in [3.05, 3.63) is 51.6 Å². The molecule has 0 saturated carbocycles. The summed E-state index contributed by atoms with van der Waals surface area (Å²) in [5.41, 5.74) is 2.51. The van der Waals surface area contributed by atoms with Gasteiger partial charge in [-0.2, -0.15) is 0 Å². The average molecular weight is 409 g/mol. The van der Waals surface area contributed by atoms with Gasteiger partial charge in [-0.15, -0.1) is 10.2 Å². The summed E-state index contributed by atoms with van der Waals surface area (Å²) in [5.74, 6) is 0.469. The van der Waals surface area contributed by atoms with E-state index in [2.05, 4.69) is 20.5 Å². The first-order chi connectivity index (χ1) is 12.4. The molecule has 0 fully saturated rings. The molecule has 2 aromatic heterocycles. The predicted octanol–water partition coefficient (Wildman–Crippen LogP) is 4.79. The molecule has 0 spiro atoms. The lowest BCUT2D eigenvalue weighted by molar-refractivity contribution is -0.113. The lowest BCUT2D eigenvalue weighted by atomic mass is 10.1. The predicted molar refractivity (Wildman–Crippen MR) is 103 cm³/mol. The summed E-state index contributed by atoms with van der Waals surface area (Å²) in [5, 5.41) is 11.6. The number of rotatable bonds is 5. The molecule has 0 aliphatic carbocycles. The molecule has 3 rings (SSSR count). The second-order valence-electron chi connectivity index (χ2n) is 5.47. The molecule has 1 N–H and O–H groups in total. The number of benzene rings is 1. The van der Waals surface area contributed by atoms with Crippen LogP contribution < -0.4 is 5.32 Å². The van der Waals surface area contributed by atoms with E-state index < -0.39 is 0 Å². The van der Waals surface area contributed by atoms with E-state index in [-0.39, 0.29) is 22.5 Å². The monoisotopic (exact) mass is 408 g/mol. The van der Waals surface area contributed by atoms with Crippen molar-refractivity contribution in [3.8, 4) is 11.5 Å². The molecule has 0 aliphatic rings. The summed E-state index contributed by atoms with van der Waals surface area (Å²) in [7, 11) is 0. The van der Waals surface area contributed by atoms with Crippen molar-refractivity contribution in [1.29, 1.82) is 0 Å². The van der Waals surface area contributed by atoms with Gasteiger partial charge in [-0.05, 0) is 32.0 Å². The molecule has 26 heavy (non-hydrogen) atoms. The topological polar surface area (TPSA) is 80.9 Å². The lowest BCUT2D eigenvalue weighted by Gasteiger charge is -2.07. The number of halogens is 2. The quantitative estimate of drug-likeness (QED) is 0.611. The van der Waals surface area contributed by atoms with E-state index in [1.807, 2.05) is 31.2 Å². The molecule has 0 radical (unpaired) electrons. The van der Waals surface area contributed by atoms with Gasteiger partial charge in [0, 0.05) is 5.56 Å². The van der Waals surface area contributed by atoms with Crippen LogP contribution in [0.3, 0.4) is 0 Å². The van der Waals surface area contributed by atoms with Gasteiger partial charge in [-0.25, -0.2) is 4.98 Å². The molecule has 3 aromatic rings. The molecule has 0 atom stereocenters. The molecule has 0 unspecified atom stereocenters. The number of aromatic nitrogens is 3. The van der Waals surface area contributed by atoms with Gasteiger partial charge in [0.25, 0.3) is 5.22 Å². The number of pyridine rings is 1. The van der Waals surface area contributed by atoms with Gasteiger partial charge in [-0.1, -0.05) is 52.7 Å². The molecule has 0 saturated heterocycles. The van der Waals surface area contributed by atoms with Crippen LogP contribution in [0.15, 0.2) is 40.0 Å². The Morgan fingerprint density at radius 2 is 2.00 bits per heavy atom. The van der Waals surface area contributed by atoms with Crippen LogP contribution >= 0.6 is 35.0 Å². The minimum Gasteiger partial charge on any atom is -0.411 e. The van der Waals surface area contributed by atoms with Crippen LogP contribution in [-0.4, -0.2) is 26.8 Å². The number of anilines is 1. The van der Waals surface area contributed by atoms with Crippen LogP contribution in [0.25, 0.3) is 11.5 Å². The van der Waals surface area contributed by atoms with E-state index in [0.717, 1.165) is 22.9 Å². The zero-order chi connectivity index (χ0) is 18.7. The van der Waals surface area contributed by atoms with Crippen LogP contribution in [0.4, 0.5) is 5.82 Å². The standard InChI is InChI=1S/C17H14Cl2N4O2S/c1-9-4-3-5-11(6-9)16-22-23-17(25-16)26-8-14(24)21-15-13(19)7-12(18)10(2)20-15/h3-7H,8H2,1-2H3,(H,20,21,24). The van der Waals surface area contributed by atoms with E-state index in [0.29, 0.717) is 21.8 Å². The Kier molecular flexibility index (Phi) is 5.80. The maximum Gasteiger partial charge on any atom is 0.277 e. The van der Waals surface area contributed by atoms with Crippen LogP contribution in [0.2, 0.25) is 10.0 Å². The fourth-order valence-corrected chi connectivity index (χ4v) is 3.07. The Morgan fingerprint density at radius 3 is 2.77 bits per heavy atom. The van der Waals surface area contributed by atoms with Crippen LogP contribution in [0.1, 0.15) is 11.3 Å². The highest BCUT2D eigenvalue weighted by molar-refractivity contribution is 7.99. The maximum absolute atomic E-state index is 12.1.